The normalized spacial score (nSPS) is 37.7. The minimum absolute atomic E-state index is 0.0785. The van der Waals surface area contributed by atoms with Gasteiger partial charge < -0.3 is 40.2 Å². The average Bonchev–Trinajstić information content (AvgIpc) is 3.16. The van der Waals surface area contributed by atoms with E-state index in [2.05, 4.69) is 22.8 Å². The highest BCUT2D eigenvalue weighted by Crippen LogP contribution is 2.37. The highest BCUT2D eigenvalue weighted by atomic mass is 32.2. The first kappa shape index (κ1) is 27.6. The number of nitrogens with one attached hydrogen (secondary N) is 2. The quantitative estimate of drug-likeness (QED) is 0.353. The van der Waals surface area contributed by atoms with Gasteiger partial charge in [-0.2, -0.15) is 0 Å². The molecule has 10 atom stereocenters. The molecule has 1 aromatic rings. The lowest BCUT2D eigenvalue weighted by atomic mass is 9.85. The van der Waals surface area contributed by atoms with Crippen LogP contribution in [0.4, 0.5) is 0 Å². The Morgan fingerprint density at radius 2 is 1.89 bits per heavy atom. The Kier molecular flexibility index (Phi) is 9.19. The maximum atomic E-state index is 13.5. The molecule has 0 saturated carbocycles. The standard InChI is InChI=1S/C26H40N2O7S/c1-13(2)18(24-21(30)20(29)22(31)26(35-24)36-4)28-25(32)19-23-16(12-27-19)11-15(9-10-34-23)14-5-7-17(33-3)8-6-14/h5-8,13,15-16,18-24,26-27,29-31H,9-12H2,1-4H3,(H,28,32)/t15?,16-,18+,19-,20?,21?,22+,23+,24+,26?/m0/s1. The van der Waals surface area contributed by atoms with Crippen LogP contribution in [0.1, 0.15) is 38.2 Å². The van der Waals surface area contributed by atoms with Gasteiger partial charge in [0.25, 0.3) is 0 Å². The number of rotatable bonds is 7. The number of hydrogen-bond donors (Lipinski definition) is 5. The summed E-state index contributed by atoms with van der Waals surface area (Å²) in [7, 11) is 1.66. The van der Waals surface area contributed by atoms with Crippen LogP contribution >= 0.6 is 11.8 Å². The van der Waals surface area contributed by atoms with E-state index in [-0.39, 0.29) is 23.8 Å². The van der Waals surface area contributed by atoms with Crippen molar-refractivity contribution >= 4 is 17.7 Å². The van der Waals surface area contributed by atoms with Crippen molar-refractivity contribution in [3.63, 3.8) is 0 Å². The van der Waals surface area contributed by atoms with E-state index in [1.165, 1.54) is 17.3 Å². The van der Waals surface area contributed by atoms with Crippen LogP contribution < -0.4 is 15.4 Å². The van der Waals surface area contributed by atoms with E-state index in [1.54, 1.807) is 13.4 Å². The third-order valence-electron chi connectivity index (χ3n) is 7.85. The summed E-state index contributed by atoms with van der Waals surface area (Å²) in [5.74, 6) is 1.09. The summed E-state index contributed by atoms with van der Waals surface area (Å²) >= 11 is 1.26. The summed E-state index contributed by atoms with van der Waals surface area (Å²) in [4.78, 5) is 13.5. The van der Waals surface area contributed by atoms with Gasteiger partial charge in [0.15, 0.2) is 0 Å². The first-order valence-electron chi connectivity index (χ1n) is 12.8. The molecule has 0 aliphatic carbocycles. The fraction of sp³-hybridized carbons (Fsp3) is 0.731. The van der Waals surface area contributed by atoms with Gasteiger partial charge in [0.1, 0.15) is 41.6 Å². The fourth-order valence-electron chi connectivity index (χ4n) is 5.73. The van der Waals surface area contributed by atoms with E-state index in [4.69, 9.17) is 14.2 Å². The first-order valence-corrected chi connectivity index (χ1v) is 14.1. The number of aliphatic hydroxyl groups excluding tert-OH is 3. The lowest BCUT2D eigenvalue weighted by Gasteiger charge is -2.44. The number of ether oxygens (including phenoxy) is 3. The third kappa shape index (κ3) is 5.70. The number of thioether (sulfide) groups is 1. The average molecular weight is 525 g/mol. The molecular weight excluding hydrogens is 484 g/mol. The Labute approximate surface area is 217 Å². The lowest BCUT2D eigenvalue weighted by Crippen LogP contribution is -2.65. The predicted octanol–water partition coefficient (Wildman–Crippen LogP) is 0.857. The van der Waals surface area contributed by atoms with Gasteiger partial charge in [0.2, 0.25) is 5.91 Å². The number of amides is 1. The van der Waals surface area contributed by atoms with Crippen LogP contribution in [0.25, 0.3) is 0 Å². The zero-order valence-corrected chi connectivity index (χ0v) is 22.2. The van der Waals surface area contributed by atoms with Gasteiger partial charge in [-0.1, -0.05) is 26.0 Å². The van der Waals surface area contributed by atoms with Gasteiger partial charge in [-0.05, 0) is 48.6 Å². The molecule has 10 heteroatoms. The molecule has 1 amide bonds. The van der Waals surface area contributed by atoms with E-state index in [0.29, 0.717) is 19.1 Å². The van der Waals surface area contributed by atoms with Crippen LogP contribution in [0, 0.1) is 11.8 Å². The highest BCUT2D eigenvalue weighted by Gasteiger charge is 2.49. The summed E-state index contributed by atoms with van der Waals surface area (Å²) in [6.45, 7) is 5.11. The molecule has 9 nitrogen and oxygen atoms in total. The molecule has 3 aliphatic rings. The number of hydrogen-bond acceptors (Lipinski definition) is 9. The Morgan fingerprint density at radius 1 is 1.17 bits per heavy atom. The maximum absolute atomic E-state index is 13.5. The van der Waals surface area contributed by atoms with Crippen molar-refractivity contribution < 1.29 is 34.3 Å². The van der Waals surface area contributed by atoms with Gasteiger partial charge in [-0.3, -0.25) is 4.79 Å². The van der Waals surface area contributed by atoms with E-state index < -0.39 is 41.9 Å². The van der Waals surface area contributed by atoms with Gasteiger partial charge in [-0.15, -0.1) is 11.8 Å². The van der Waals surface area contributed by atoms with E-state index in [9.17, 15) is 20.1 Å². The van der Waals surface area contributed by atoms with E-state index in [0.717, 1.165) is 18.6 Å². The fourth-order valence-corrected chi connectivity index (χ4v) is 6.41. The number of benzene rings is 1. The Hall–Kier alpha value is -1.40. The van der Waals surface area contributed by atoms with Crippen LogP contribution in [0.2, 0.25) is 0 Å². The summed E-state index contributed by atoms with van der Waals surface area (Å²) in [6, 6.07) is 7.10. The third-order valence-corrected chi connectivity index (χ3v) is 8.70. The van der Waals surface area contributed by atoms with Crippen LogP contribution in [-0.2, 0) is 14.3 Å². The molecular formula is C26H40N2O7S. The van der Waals surface area contributed by atoms with Crippen LogP contribution in [0.3, 0.4) is 0 Å². The SMILES string of the molecule is COc1ccc(C2CCO[C@@H]3[C@H](CN[C@@H]3C(=O)N[C@H](C(C)C)[C@H]3OC(SC)[C@H](O)C(O)C3O)C2)cc1. The van der Waals surface area contributed by atoms with Crippen molar-refractivity contribution in [2.75, 3.05) is 26.5 Å². The number of carbonyl (C=O) groups is 1. The number of fused-ring (bicyclic) bond motifs is 1. The van der Waals surface area contributed by atoms with Crippen molar-refractivity contribution in [1.82, 2.24) is 10.6 Å². The second-order valence-electron chi connectivity index (χ2n) is 10.4. The Balaban J connectivity index is 1.43. The minimum Gasteiger partial charge on any atom is -0.497 e. The number of methoxy groups -OCH3 is 1. The smallest absolute Gasteiger partial charge is 0.240 e. The summed E-state index contributed by atoms with van der Waals surface area (Å²) in [5.41, 5.74) is 0.556. The molecule has 5 N–H and O–H groups in total. The predicted molar refractivity (Wildman–Crippen MR) is 137 cm³/mol. The summed E-state index contributed by atoms with van der Waals surface area (Å²) in [5, 5.41) is 37.7. The van der Waals surface area contributed by atoms with Crippen molar-refractivity contribution in [3.05, 3.63) is 29.8 Å². The monoisotopic (exact) mass is 524 g/mol. The highest BCUT2D eigenvalue weighted by molar-refractivity contribution is 7.99. The van der Waals surface area contributed by atoms with Gasteiger partial charge in [-0.25, -0.2) is 0 Å². The van der Waals surface area contributed by atoms with Gasteiger partial charge >= 0.3 is 0 Å². The van der Waals surface area contributed by atoms with Crippen LogP contribution in [0.15, 0.2) is 24.3 Å². The maximum Gasteiger partial charge on any atom is 0.240 e. The van der Waals surface area contributed by atoms with Crippen molar-refractivity contribution in [2.45, 2.75) is 80.6 Å². The molecule has 4 unspecified atom stereocenters. The lowest BCUT2D eigenvalue weighted by molar-refractivity contribution is -0.208. The van der Waals surface area contributed by atoms with Crippen molar-refractivity contribution in [2.24, 2.45) is 11.8 Å². The number of carbonyl (C=O) groups excluding carboxylic acids is 1. The van der Waals surface area contributed by atoms with Gasteiger partial charge in [0.05, 0.1) is 19.3 Å². The largest absolute Gasteiger partial charge is 0.497 e. The minimum atomic E-state index is -1.35. The Bertz CT molecular complexity index is 870. The molecule has 0 aromatic heterocycles. The summed E-state index contributed by atoms with van der Waals surface area (Å²) < 4.78 is 17.5. The molecule has 3 saturated heterocycles. The van der Waals surface area contributed by atoms with Gasteiger partial charge in [0, 0.05) is 19.1 Å². The molecule has 3 heterocycles. The van der Waals surface area contributed by atoms with Crippen LogP contribution in [-0.4, -0.2) is 95.8 Å². The summed E-state index contributed by atoms with van der Waals surface area (Å²) in [6.07, 6.45) is -1.39. The second-order valence-corrected chi connectivity index (χ2v) is 11.4. The molecule has 1 aromatic carbocycles. The molecule has 0 radical (unpaired) electrons. The van der Waals surface area contributed by atoms with Crippen LogP contribution in [0.5, 0.6) is 5.75 Å². The molecule has 4 rings (SSSR count). The van der Waals surface area contributed by atoms with E-state index in [1.807, 2.05) is 26.0 Å². The molecule has 3 aliphatic heterocycles. The molecule has 0 bridgehead atoms. The van der Waals surface area contributed by atoms with Crippen molar-refractivity contribution in [1.29, 1.82) is 0 Å². The zero-order chi connectivity index (χ0) is 26.0. The first-order chi connectivity index (χ1) is 17.2. The molecule has 36 heavy (non-hydrogen) atoms. The Morgan fingerprint density at radius 3 is 2.53 bits per heavy atom. The number of aliphatic hydroxyl groups is 3. The second kappa shape index (κ2) is 12.0. The zero-order valence-electron chi connectivity index (χ0n) is 21.4. The van der Waals surface area contributed by atoms with Crippen molar-refractivity contribution in [3.8, 4) is 5.75 Å². The van der Waals surface area contributed by atoms with E-state index >= 15 is 0 Å². The topological polar surface area (TPSA) is 130 Å². The molecule has 0 spiro atoms. The molecule has 202 valence electrons. The molecule has 3 fully saturated rings.